The Labute approximate surface area is 110 Å². The molecule has 7 nitrogen and oxygen atoms in total. The number of anilines is 1. The Kier molecular flexibility index (Phi) is 2.92. The van der Waals surface area contributed by atoms with E-state index in [9.17, 15) is 0 Å². The second-order valence-corrected chi connectivity index (χ2v) is 4.47. The molecule has 0 spiro atoms. The summed E-state index contributed by atoms with van der Waals surface area (Å²) in [6.45, 7) is 4.86. The van der Waals surface area contributed by atoms with Gasteiger partial charge in [0.1, 0.15) is 11.6 Å². The molecule has 0 amide bonds. The smallest absolute Gasteiger partial charge is 0.167 e. The molecule has 0 aliphatic carbocycles. The van der Waals surface area contributed by atoms with Crippen LogP contribution in [0, 0.1) is 13.8 Å². The van der Waals surface area contributed by atoms with Crippen LogP contribution in [0.1, 0.15) is 22.7 Å². The molecule has 0 atom stereocenters. The summed E-state index contributed by atoms with van der Waals surface area (Å²) in [4.78, 5) is 9.04. The van der Waals surface area contributed by atoms with Crippen molar-refractivity contribution in [1.29, 1.82) is 0 Å². The van der Waals surface area contributed by atoms with Gasteiger partial charge in [-0.3, -0.25) is 0 Å². The number of aromatic nitrogens is 3. The number of nitrogens with one attached hydrogen (secondary N) is 1. The van der Waals surface area contributed by atoms with Gasteiger partial charge in [-0.25, -0.2) is 15.8 Å². The van der Waals surface area contributed by atoms with Crippen molar-refractivity contribution in [3.63, 3.8) is 0 Å². The van der Waals surface area contributed by atoms with Gasteiger partial charge in [-0.15, -0.1) is 0 Å². The molecule has 0 saturated heterocycles. The maximum atomic E-state index is 5.54. The summed E-state index contributed by atoms with van der Waals surface area (Å²) in [5.41, 5.74) is 6.09. The van der Waals surface area contributed by atoms with E-state index in [2.05, 4.69) is 20.6 Å². The number of nitrogen functional groups attached to an aromatic ring is 1. The van der Waals surface area contributed by atoms with Gasteiger partial charge in [0.25, 0.3) is 0 Å². The Morgan fingerprint density at radius 1 is 1.26 bits per heavy atom. The van der Waals surface area contributed by atoms with Crippen molar-refractivity contribution in [1.82, 2.24) is 15.1 Å². The first-order chi connectivity index (χ1) is 9.20. The number of rotatable bonds is 2. The lowest BCUT2D eigenvalue weighted by atomic mass is 10.1. The zero-order chi connectivity index (χ0) is 13.4. The number of ether oxygens (including phenoxy) is 1. The summed E-state index contributed by atoms with van der Waals surface area (Å²) in [5.74, 6) is 7.42. The average molecular weight is 261 g/mol. The third-order valence-electron chi connectivity index (χ3n) is 3.22. The van der Waals surface area contributed by atoms with Gasteiger partial charge in [-0.2, -0.15) is 0 Å². The fourth-order valence-electron chi connectivity index (χ4n) is 2.27. The highest BCUT2D eigenvalue weighted by Crippen LogP contribution is 2.28. The molecule has 2 aromatic rings. The van der Waals surface area contributed by atoms with Crippen LogP contribution in [0.15, 0.2) is 4.52 Å². The van der Waals surface area contributed by atoms with Crippen LogP contribution in [0.4, 0.5) is 5.82 Å². The largest absolute Gasteiger partial charge is 0.376 e. The minimum absolute atomic E-state index is 0.483. The minimum Gasteiger partial charge on any atom is -0.376 e. The first-order valence-corrected chi connectivity index (χ1v) is 6.08. The van der Waals surface area contributed by atoms with Crippen LogP contribution in [0.5, 0.6) is 0 Å². The molecule has 19 heavy (non-hydrogen) atoms. The van der Waals surface area contributed by atoms with E-state index in [0.717, 1.165) is 28.9 Å². The second kappa shape index (κ2) is 4.60. The third-order valence-corrected chi connectivity index (χ3v) is 3.22. The number of hydrogen-bond acceptors (Lipinski definition) is 7. The number of hydrogen-bond donors (Lipinski definition) is 2. The third kappa shape index (κ3) is 1.96. The Morgan fingerprint density at radius 3 is 2.79 bits per heavy atom. The number of nitrogens with zero attached hydrogens (tertiary/aromatic N) is 3. The van der Waals surface area contributed by atoms with Crippen molar-refractivity contribution in [2.45, 2.75) is 26.9 Å². The Morgan fingerprint density at radius 2 is 2.11 bits per heavy atom. The summed E-state index contributed by atoms with van der Waals surface area (Å²) in [7, 11) is 0. The quantitative estimate of drug-likeness (QED) is 0.617. The summed E-state index contributed by atoms with van der Waals surface area (Å²) in [6.07, 6.45) is 0.753. The van der Waals surface area contributed by atoms with Crippen LogP contribution in [0.3, 0.4) is 0 Å². The SMILES string of the molecule is Cc1noc(C)c1-c1nc2c(c(NN)n1)COCC2. The van der Waals surface area contributed by atoms with E-state index in [1.165, 1.54) is 0 Å². The fraction of sp³-hybridized carbons (Fsp3) is 0.417. The second-order valence-electron chi connectivity index (χ2n) is 4.47. The lowest BCUT2D eigenvalue weighted by Crippen LogP contribution is -2.19. The van der Waals surface area contributed by atoms with Gasteiger partial charge in [0.15, 0.2) is 5.82 Å². The van der Waals surface area contributed by atoms with E-state index in [4.69, 9.17) is 15.1 Å². The molecule has 0 aromatic carbocycles. The van der Waals surface area contributed by atoms with Gasteiger partial charge in [-0.05, 0) is 13.8 Å². The van der Waals surface area contributed by atoms with Crippen LogP contribution in [-0.4, -0.2) is 21.7 Å². The van der Waals surface area contributed by atoms with Crippen molar-refractivity contribution < 1.29 is 9.26 Å². The molecule has 100 valence electrons. The van der Waals surface area contributed by atoms with E-state index in [1.54, 1.807) is 0 Å². The van der Waals surface area contributed by atoms with E-state index in [-0.39, 0.29) is 0 Å². The lowest BCUT2D eigenvalue weighted by Gasteiger charge is -2.18. The normalized spacial score (nSPS) is 14.3. The maximum Gasteiger partial charge on any atom is 0.167 e. The molecule has 0 bridgehead atoms. The van der Waals surface area contributed by atoms with E-state index >= 15 is 0 Å². The van der Waals surface area contributed by atoms with Crippen molar-refractivity contribution in [2.75, 3.05) is 12.0 Å². The molecule has 1 aliphatic heterocycles. The van der Waals surface area contributed by atoms with Crippen molar-refractivity contribution in [3.8, 4) is 11.4 Å². The average Bonchev–Trinajstić information content (AvgIpc) is 2.77. The first-order valence-electron chi connectivity index (χ1n) is 6.08. The molecule has 0 fully saturated rings. The molecule has 3 N–H and O–H groups in total. The molecule has 1 aliphatic rings. The van der Waals surface area contributed by atoms with Gasteiger partial charge in [0.2, 0.25) is 0 Å². The number of hydrazine groups is 1. The van der Waals surface area contributed by atoms with Crippen LogP contribution in [-0.2, 0) is 17.8 Å². The van der Waals surface area contributed by atoms with Gasteiger partial charge < -0.3 is 14.7 Å². The first kappa shape index (κ1) is 12.1. The Hall–Kier alpha value is -1.99. The summed E-state index contributed by atoms with van der Waals surface area (Å²) < 4.78 is 10.6. The van der Waals surface area contributed by atoms with E-state index in [0.29, 0.717) is 30.6 Å². The predicted octanol–water partition coefficient (Wildman–Crippen LogP) is 1.11. The Bertz CT molecular complexity index is 586. The number of aryl methyl sites for hydroxylation is 2. The van der Waals surface area contributed by atoms with Gasteiger partial charge in [0.05, 0.1) is 30.2 Å². The van der Waals surface area contributed by atoms with Crippen molar-refractivity contribution >= 4 is 5.82 Å². The van der Waals surface area contributed by atoms with Crippen LogP contribution in [0.2, 0.25) is 0 Å². The van der Waals surface area contributed by atoms with E-state index < -0.39 is 0 Å². The van der Waals surface area contributed by atoms with Gasteiger partial charge >= 0.3 is 0 Å². The van der Waals surface area contributed by atoms with E-state index in [1.807, 2.05) is 13.8 Å². The molecule has 0 saturated carbocycles. The predicted molar refractivity (Wildman–Crippen MR) is 68.2 cm³/mol. The zero-order valence-electron chi connectivity index (χ0n) is 10.9. The summed E-state index contributed by atoms with van der Waals surface area (Å²) in [6, 6.07) is 0. The van der Waals surface area contributed by atoms with Crippen LogP contribution < -0.4 is 11.3 Å². The molecule has 2 aromatic heterocycles. The monoisotopic (exact) mass is 261 g/mol. The van der Waals surface area contributed by atoms with Crippen molar-refractivity contribution in [2.24, 2.45) is 5.84 Å². The molecular formula is C12H15N5O2. The molecule has 7 heteroatoms. The highest BCUT2D eigenvalue weighted by atomic mass is 16.5. The van der Waals surface area contributed by atoms with Crippen LogP contribution in [0.25, 0.3) is 11.4 Å². The van der Waals surface area contributed by atoms with Gasteiger partial charge in [0, 0.05) is 12.0 Å². The lowest BCUT2D eigenvalue weighted by molar-refractivity contribution is 0.109. The Balaban J connectivity index is 2.18. The number of nitrogens with two attached hydrogens (primary N) is 1. The fourth-order valence-corrected chi connectivity index (χ4v) is 2.27. The maximum absolute atomic E-state index is 5.54. The van der Waals surface area contributed by atoms with Gasteiger partial charge in [-0.1, -0.05) is 5.16 Å². The highest BCUT2D eigenvalue weighted by Gasteiger charge is 2.21. The molecular weight excluding hydrogens is 246 g/mol. The zero-order valence-corrected chi connectivity index (χ0v) is 10.9. The minimum atomic E-state index is 0.483. The summed E-state index contributed by atoms with van der Waals surface area (Å²) >= 11 is 0. The van der Waals surface area contributed by atoms with Crippen LogP contribution >= 0.6 is 0 Å². The van der Waals surface area contributed by atoms with Crippen molar-refractivity contribution in [3.05, 3.63) is 22.7 Å². The molecule has 3 rings (SSSR count). The number of fused-ring (bicyclic) bond motifs is 1. The molecule has 0 radical (unpaired) electrons. The molecule has 3 heterocycles. The highest BCUT2D eigenvalue weighted by molar-refractivity contribution is 5.63. The topological polar surface area (TPSA) is 99.1 Å². The summed E-state index contributed by atoms with van der Waals surface area (Å²) in [5, 5.41) is 3.93. The standard InChI is InChI=1S/C12H15N5O2/c1-6-10(7(2)19-17-6)12-14-9-3-4-18-5-8(9)11(15-12)16-13/h3-5,13H2,1-2H3,(H,14,15,16). The molecule has 0 unspecified atom stereocenters.